The van der Waals surface area contributed by atoms with Gasteiger partial charge in [0, 0.05) is 12.5 Å². The topological polar surface area (TPSA) is 38.3 Å². The molecule has 3 nitrogen and oxygen atoms in total. The van der Waals surface area contributed by atoms with E-state index in [4.69, 9.17) is 0 Å². The molecule has 0 atom stereocenters. The van der Waals surface area contributed by atoms with Gasteiger partial charge < -0.3 is 10.1 Å². The molecule has 0 aliphatic heterocycles. The molecule has 0 aliphatic carbocycles. The van der Waals surface area contributed by atoms with Crippen molar-refractivity contribution in [1.82, 2.24) is 0 Å². The molecule has 0 fully saturated rings. The SMILES string of the molecule is COCC(=O)Nc1cscc1C. The van der Waals surface area contributed by atoms with E-state index in [1.54, 1.807) is 11.3 Å². The summed E-state index contributed by atoms with van der Waals surface area (Å²) in [5.41, 5.74) is 1.96. The van der Waals surface area contributed by atoms with Crippen molar-refractivity contribution in [3.05, 3.63) is 16.3 Å². The van der Waals surface area contributed by atoms with E-state index in [0.717, 1.165) is 11.3 Å². The highest BCUT2D eigenvalue weighted by molar-refractivity contribution is 7.08. The van der Waals surface area contributed by atoms with Crippen molar-refractivity contribution in [3.63, 3.8) is 0 Å². The Kier molecular flexibility index (Phi) is 3.25. The van der Waals surface area contributed by atoms with Crippen LogP contribution < -0.4 is 5.32 Å². The molecule has 1 N–H and O–H groups in total. The standard InChI is InChI=1S/C8H11NO2S/c1-6-4-12-5-7(6)9-8(10)3-11-2/h4-5H,3H2,1-2H3,(H,9,10). The summed E-state index contributed by atoms with van der Waals surface area (Å²) in [6, 6.07) is 0. The molecular formula is C8H11NO2S. The number of rotatable bonds is 3. The first-order valence-electron chi connectivity index (χ1n) is 3.55. The van der Waals surface area contributed by atoms with Crippen LogP contribution in [0.4, 0.5) is 5.69 Å². The monoisotopic (exact) mass is 185 g/mol. The van der Waals surface area contributed by atoms with Crippen molar-refractivity contribution in [2.24, 2.45) is 0 Å². The number of ether oxygens (including phenoxy) is 1. The normalized spacial score (nSPS) is 9.83. The smallest absolute Gasteiger partial charge is 0.250 e. The molecule has 0 aliphatic rings. The van der Waals surface area contributed by atoms with Crippen molar-refractivity contribution in [2.75, 3.05) is 19.0 Å². The maximum Gasteiger partial charge on any atom is 0.250 e. The molecule has 0 saturated heterocycles. The number of nitrogens with one attached hydrogen (secondary N) is 1. The third kappa shape index (κ3) is 2.32. The molecule has 1 rings (SSSR count). The van der Waals surface area contributed by atoms with Crippen LogP contribution in [0.3, 0.4) is 0 Å². The minimum absolute atomic E-state index is 0.106. The number of hydrogen-bond donors (Lipinski definition) is 1. The van der Waals surface area contributed by atoms with Crippen LogP contribution in [0.15, 0.2) is 10.8 Å². The highest BCUT2D eigenvalue weighted by Crippen LogP contribution is 2.18. The second-order valence-corrected chi connectivity index (χ2v) is 3.19. The zero-order chi connectivity index (χ0) is 8.97. The van der Waals surface area contributed by atoms with E-state index in [1.807, 2.05) is 17.7 Å². The van der Waals surface area contributed by atoms with Crippen LogP contribution in [0.2, 0.25) is 0 Å². The molecule has 66 valence electrons. The number of thiophene rings is 1. The summed E-state index contributed by atoms with van der Waals surface area (Å²) in [5, 5.41) is 6.63. The van der Waals surface area contributed by atoms with Crippen LogP contribution in [0.1, 0.15) is 5.56 Å². The molecule has 0 saturated carbocycles. The van der Waals surface area contributed by atoms with Gasteiger partial charge in [-0.3, -0.25) is 4.79 Å². The molecule has 4 heteroatoms. The predicted molar refractivity (Wildman–Crippen MR) is 49.6 cm³/mol. The molecule has 1 heterocycles. The van der Waals surface area contributed by atoms with Crippen LogP contribution in [-0.4, -0.2) is 19.6 Å². The first-order valence-corrected chi connectivity index (χ1v) is 4.50. The molecular weight excluding hydrogens is 174 g/mol. The Labute approximate surface area is 75.4 Å². The predicted octanol–water partition coefficient (Wildman–Crippen LogP) is 1.64. The maximum atomic E-state index is 11.0. The first-order chi connectivity index (χ1) is 5.74. The van der Waals surface area contributed by atoms with Crippen molar-refractivity contribution >= 4 is 22.9 Å². The third-order valence-corrected chi connectivity index (χ3v) is 2.27. The molecule has 1 aromatic rings. The first kappa shape index (κ1) is 9.22. The summed E-state index contributed by atoms with van der Waals surface area (Å²) < 4.78 is 4.68. The summed E-state index contributed by atoms with van der Waals surface area (Å²) in [7, 11) is 1.50. The van der Waals surface area contributed by atoms with Gasteiger partial charge in [-0.15, -0.1) is 11.3 Å². The zero-order valence-corrected chi connectivity index (χ0v) is 7.90. The number of amides is 1. The van der Waals surface area contributed by atoms with Gasteiger partial charge in [0.25, 0.3) is 0 Å². The number of hydrogen-bond acceptors (Lipinski definition) is 3. The van der Waals surface area contributed by atoms with Gasteiger partial charge in [0.2, 0.25) is 5.91 Å². The van der Waals surface area contributed by atoms with E-state index in [1.165, 1.54) is 7.11 Å². The average molecular weight is 185 g/mol. The molecule has 0 radical (unpaired) electrons. The molecule has 0 spiro atoms. The fraction of sp³-hybridized carbons (Fsp3) is 0.375. The van der Waals surface area contributed by atoms with Crippen molar-refractivity contribution in [3.8, 4) is 0 Å². The lowest BCUT2D eigenvalue weighted by atomic mass is 10.3. The van der Waals surface area contributed by atoms with Gasteiger partial charge in [0.1, 0.15) is 6.61 Å². The zero-order valence-electron chi connectivity index (χ0n) is 7.09. The van der Waals surface area contributed by atoms with E-state index in [-0.39, 0.29) is 12.5 Å². The molecule has 0 unspecified atom stereocenters. The molecule has 1 amide bonds. The Morgan fingerprint density at radius 1 is 1.67 bits per heavy atom. The highest BCUT2D eigenvalue weighted by atomic mass is 32.1. The van der Waals surface area contributed by atoms with Crippen LogP contribution >= 0.6 is 11.3 Å². The van der Waals surface area contributed by atoms with E-state index in [9.17, 15) is 4.79 Å². The second kappa shape index (κ2) is 4.23. The third-order valence-electron chi connectivity index (χ3n) is 1.41. The Morgan fingerprint density at radius 3 is 2.92 bits per heavy atom. The van der Waals surface area contributed by atoms with E-state index in [2.05, 4.69) is 10.1 Å². The fourth-order valence-corrected chi connectivity index (χ4v) is 1.59. The van der Waals surface area contributed by atoms with Crippen molar-refractivity contribution in [1.29, 1.82) is 0 Å². The minimum atomic E-state index is -0.112. The molecule has 0 bridgehead atoms. The fourth-order valence-electron chi connectivity index (χ4n) is 0.806. The maximum absolute atomic E-state index is 11.0. The summed E-state index contributed by atoms with van der Waals surface area (Å²) in [6.45, 7) is 2.06. The van der Waals surface area contributed by atoms with E-state index < -0.39 is 0 Å². The van der Waals surface area contributed by atoms with Crippen molar-refractivity contribution in [2.45, 2.75) is 6.92 Å². The average Bonchev–Trinajstić information content (AvgIpc) is 2.37. The van der Waals surface area contributed by atoms with Crippen LogP contribution in [0.25, 0.3) is 0 Å². The van der Waals surface area contributed by atoms with Crippen LogP contribution in [0.5, 0.6) is 0 Å². The van der Waals surface area contributed by atoms with Crippen LogP contribution in [-0.2, 0) is 9.53 Å². The largest absolute Gasteiger partial charge is 0.375 e. The Balaban J connectivity index is 2.52. The molecule has 0 aromatic carbocycles. The van der Waals surface area contributed by atoms with E-state index in [0.29, 0.717) is 0 Å². The number of carbonyl (C=O) groups is 1. The Bertz CT molecular complexity index is 270. The van der Waals surface area contributed by atoms with Gasteiger partial charge in [-0.1, -0.05) is 0 Å². The van der Waals surface area contributed by atoms with Gasteiger partial charge in [0.05, 0.1) is 5.69 Å². The number of anilines is 1. The summed E-state index contributed by atoms with van der Waals surface area (Å²) >= 11 is 1.57. The number of methoxy groups -OCH3 is 1. The minimum Gasteiger partial charge on any atom is -0.375 e. The van der Waals surface area contributed by atoms with Crippen LogP contribution in [0, 0.1) is 6.92 Å². The van der Waals surface area contributed by atoms with Gasteiger partial charge in [-0.05, 0) is 17.9 Å². The Hall–Kier alpha value is -0.870. The lowest BCUT2D eigenvalue weighted by Crippen LogP contribution is -2.17. The summed E-state index contributed by atoms with van der Waals surface area (Å²) in [5.74, 6) is -0.112. The van der Waals surface area contributed by atoms with Gasteiger partial charge >= 0.3 is 0 Å². The second-order valence-electron chi connectivity index (χ2n) is 2.45. The summed E-state index contributed by atoms with van der Waals surface area (Å²) in [6.07, 6.45) is 0. The summed E-state index contributed by atoms with van der Waals surface area (Å²) in [4.78, 5) is 11.0. The van der Waals surface area contributed by atoms with Gasteiger partial charge in [0.15, 0.2) is 0 Å². The van der Waals surface area contributed by atoms with Gasteiger partial charge in [-0.2, -0.15) is 0 Å². The van der Waals surface area contributed by atoms with Crippen molar-refractivity contribution < 1.29 is 9.53 Å². The number of aryl methyl sites for hydroxylation is 1. The quantitative estimate of drug-likeness (QED) is 0.777. The van der Waals surface area contributed by atoms with Gasteiger partial charge in [-0.25, -0.2) is 0 Å². The lowest BCUT2D eigenvalue weighted by Gasteiger charge is -2.02. The lowest BCUT2D eigenvalue weighted by molar-refractivity contribution is -0.119. The molecule has 12 heavy (non-hydrogen) atoms. The highest BCUT2D eigenvalue weighted by Gasteiger charge is 2.03. The van der Waals surface area contributed by atoms with E-state index >= 15 is 0 Å². The Morgan fingerprint density at radius 2 is 2.42 bits per heavy atom. The molecule has 1 aromatic heterocycles. The number of carbonyl (C=O) groups excluding carboxylic acids is 1.